The largest absolute Gasteiger partial charge is 0.371 e. The molecule has 1 fully saturated rings. The SMILES string of the molecule is CN(C(=O)c1ccc2c(c1)[C@H](NC(=O)c1ccccc1C(C)(C)C)CC2)C1CCN(c2ccncc2)CC1. The second-order valence-corrected chi connectivity index (χ2v) is 11.6. The molecule has 6 nitrogen and oxygen atoms in total. The van der Waals surface area contributed by atoms with Crippen LogP contribution in [0.1, 0.15) is 83.5 Å². The molecule has 38 heavy (non-hydrogen) atoms. The zero-order valence-electron chi connectivity index (χ0n) is 22.9. The Labute approximate surface area is 226 Å². The molecule has 1 aliphatic carbocycles. The summed E-state index contributed by atoms with van der Waals surface area (Å²) in [5, 5.41) is 3.27. The van der Waals surface area contributed by atoms with Crippen molar-refractivity contribution in [3.63, 3.8) is 0 Å². The molecule has 198 valence electrons. The number of nitrogens with zero attached hydrogens (tertiary/aromatic N) is 3. The van der Waals surface area contributed by atoms with Gasteiger partial charge in [0.25, 0.3) is 11.8 Å². The Morgan fingerprint density at radius 3 is 2.39 bits per heavy atom. The van der Waals surface area contributed by atoms with Crippen molar-refractivity contribution in [2.75, 3.05) is 25.0 Å². The van der Waals surface area contributed by atoms with Gasteiger partial charge in [0.05, 0.1) is 6.04 Å². The highest BCUT2D eigenvalue weighted by Crippen LogP contribution is 2.34. The van der Waals surface area contributed by atoms with Crippen LogP contribution in [0.2, 0.25) is 0 Å². The number of nitrogens with one attached hydrogen (secondary N) is 1. The van der Waals surface area contributed by atoms with E-state index in [0.29, 0.717) is 5.56 Å². The zero-order chi connectivity index (χ0) is 26.9. The maximum atomic E-state index is 13.5. The molecule has 0 saturated carbocycles. The number of aryl methyl sites for hydroxylation is 1. The maximum Gasteiger partial charge on any atom is 0.253 e. The number of amides is 2. The van der Waals surface area contributed by atoms with E-state index in [1.54, 1.807) is 0 Å². The minimum absolute atomic E-state index is 0.0465. The van der Waals surface area contributed by atoms with Crippen LogP contribution in [0.5, 0.6) is 0 Å². The van der Waals surface area contributed by atoms with Gasteiger partial charge in [0, 0.05) is 55.4 Å². The van der Waals surface area contributed by atoms with Crippen molar-refractivity contribution in [2.24, 2.45) is 0 Å². The van der Waals surface area contributed by atoms with Crippen LogP contribution in [0.4, 0.5) is 5.69 Å². The Bertz CT molecular complexity index is 1310. The van der Waals surface area contributed by atoms with Crippen molar-refractivity contribution in [3.8, 4) is 0 Å². The van der Waals surface area contributed by atoms with E-state index in [4.69, 9.17) is 0 Å². The molecule has 2 aromatic carbocycles. The monoisotopic (exact) mass is 510 g/mol. The van der Waals surface area contributed by atoms with Gasteiger partial charge >= 0.3 is 0 Å². The molecule has 2 heterocycles. The lowest BCUT2D eigenvalue weighted by molar-refractivity contribution is 0.0709. The van der Waals surface area contributed by atoms with Crippen LogP contribution in [0.3, 0.4) is 0 Å². The van der Waals surface area contributed by atoms with Gasteiger partial charge < -0.3 is 15.1 Å². The summed E-state index contributed by atoms with van der Waals surface area (Å²) in [6, 6.07) is 18.1. The van der Waals surface area contributed by atoms with Gasteiger partial charge in [0.15, 0.2) is 0 Å². The van der Waals surface area contributed by atoms with Gasteiger partial charge in [-0.3, -0.25) is 14.6 Å². The van der Waals surface area contributed by atoms with Crippen molar-refractivity contribution in [1.82, 2.24) is 15.2 Å². The first-order valence-corrected chi connectivity index (χ1v) is 13.7. The average Bonchev–Trinajstić information content (AvgIpc) is 3.34. The molecule has 0 spiro atoms. The van der Waals surface area contributed by atoms with E-state index in [0.717, 1.165) is 55.5 Å². The van der Waals surface area contributed by atoms with Crippen molar-refractivity contribution < 1.29 is 9.59 Å². The van der Waals surface area contributed by atoms with Gasteiger partial charge in [-0.15, -0.1) is 0 Å². The summed E-state index contributed by atoms with van der Waals surface area (Å²) in [5.74, 6) is -0.00612. The molecule has 0 radical (unpaired) electrons. The van der Waals surface area contributed by atoms with Crippen molar-refractivity contribution in [3.05, 3.63) is 94.8 Å². The van der Waals surface area contributed by atoms with E-state index in [-0.39, 0.29) is 29.3 Å². The summed E-state index contributed by atoms with van der Waals surface area (Å²) in [7, 11) is 1.92. The Balaban J connectivity index is 1.27. The molecule has 1 aromatic heterocycles. The van der Waals surface area contributed by atoms with Crippen LogP contribution in [0.25, 0.3) is 0 Å². The van der Waals surface area contributed by atoms with Gasteiger partial charge in [-0.2, -0.15) is 0 Å². The first-order chi connectivity index (χ1) is 18.2. The molecular formula is C32H38N4O2. The number of pyridine rings is 1. The van der Waals surface area contributed by atoms with Crippen LogP contribution in [0, 0.1) is 0 Å². The van der Waals surface area contributed by atoms with Crippen molar-refractivity contribution in [1.29, 1.82) is 0 Å². The number of hydrogen-bond donors (Lipinski definition) is 1. The molecule has 0 bridgehead atoms. The average molecular weight is 511 g/mol. The van der Waals surface area contributed by atoms with Crippen LogP contribution in [0.15, 0.2) is 67.0 Å². The molecule has 6 heteroatoms. The number of anilines is 1. The molecule has 2 aliphatic rings. The minimum atomic E-state index is -0.125. The highest BCUT2D eigenvalue weighted by molar-refractivity contribution is 5.97. The smallest absolute Gasteiger partial charge is 0.253 e. The van der Waals surface area contributed by atoms with Gasteiger partial charge in [-0.25, -0.2) is 0 Å². The number of hydrogen-bond acceptors (Lipinski definition) is 4. The van der Waals surface area contributed by atoms with Gasteiger partial charge in [0.1, 0.15) is 0 Å². The lowest BCUT2D eigenvalue weighted by Crippen LogP contribution is -2.45. The van der Waals surface area contributed by atoms with E-state index in [1.807, 2.05) is 72.9 Å². The normalized spacial score (nSPS) is 17.7. The third-order valence-electron chi connectivity index (χ3n) is 8.12. The molecular weight excluding hydrogens is 472 g/mol. The summed E-state index contributed by atoms with van der Waals surface area (Å²) in [6.45, 7) is 8.21. The fourth-order valence-electron chi connectivity index (χ4n) is 5.89. The third kappa shape index (κ3) is 5.31. The number of carbonyl (C=O) groups is 2. The van der Waals surface area contributed by atoms with E-state index in [1.165, 1.54) is 11.3 Å². The number of carbonyl (C=O) groups excluding carboxylic acids is 2. The molecule has 1 saturated heterocycles. The second-order valence-electron chi connectivity index (χ2n) is 11.6. The van der Waals surface area contributed by atoms with Crippen molar-refractivity contribution >= 4 is 17.5 Å². The highest BCUT2D eigenvalue weighted by atomic mass is 16.2. The number of benzene rings is 2. The summed E-state index contributed by atoms with van der Waals surface area (Å²) in [6.07, 6.45) is 7.26. The van der Waals surface area contributed by atoms with Gasteiger partial charge in [0.2, 0.25) is 0 Å². The van der Waals surface area contributed by atoms with E-state index >= 15 is 0 Å². The lowest BCUT2D eigenvalue weighted by Gasteiger charge is -2.38. The number of aromatic nitrogens is 1. The molecule has 0 unspecified atom stereocenters. The Morgan fingerprint density at radius 1 is 0.974 bits per heavy atom. The number of fused-ring (bicyclic) bond motifs is 1. The molecule has 1 atom stereocenters. The summed E-state index contributed by atoms with van der Waals surface area (Å²) < 4.78 is 0. The Kier molecular flexibility index (Phi) is 7.24. The Hall–Kier alpha value is -3.67. The molecule has 5 rings (SSSR count). The van der Waals surface area contributed by atoms with Crippen LogP contribution >= 0.6 is 0 Å². The minimum Gasteiger partial charge on any atom is -0.371 e. The highest BCUT2D eigenvalue weighted by Gasteiger charge is 2.30. The second kappa shape index (κ2) is 10.6. The van der Waals surface area contributed by atoms with E-state index < -0.39 is 0 Å². The number of piperidine rings is 1. The van der Waals surface area contributed by atoms with E-state index in [9.17, 15) is 9.59 Å². The standard InChI is InChI=1S/C32H38N4O2/c1-32(2,3)28-8-6-5-7-26(28)30(37)34-29-12-11-22-9-10-23(21-27(22)29)31(38)35(4)24-15-19-36(20-16-24)25-13-17-33-18-14-25/h5-10,13-14,17-18,21,24,29H,11-12,15-16,19-20H2,1-4H3,(H,34,37)/t29-/m1/s1. The summed E-state index contributed by atoms with van der Waals surface area (Å²) in [4.78, 5) is 35.2. The molecule has 1 N–H and O–H groups in total. The summed E-state index contributed by atoms with van der Waals surface area (Å²) in [5.41, 5.74) is 5.79. The van der Waals surface area contributed by atoms with Crippen LogP contribution in [-0.2, 0) is 11.8 Å². The van der Waals surface area contributed by atoms with Gasteiger partial charge in [-0.05, 0) is 78.1 Å². The van der Waals surface area contributed by atoms with Crippen LogP contribution < -0.4 is 10.2 Å². The quantitative estimate of drug-likeness (QED) is 0.490. The first-order valence-electron chi connectivity index (χ1n) is 13.7. The predicted molar refractivity (Wildman–Crippen MR) is 152 cm³/mol. The molecule has 2 amide bonds. The topological polar surface area (TPSA) is 65.5 Å². The molecule has 1 aliphatic heterocycles. The number of rotatable bonds is 5. The third-order valence-corrected chi connectivity index (χ3v) is 8.12. The zero-order valence-corrected chi connectivity index (χ0v) is 22.9. The fourth-order valence-corrected chi connectivity index (χ4v) is 5.89. The first kappa shape index (κ1) is 26.0. The maximum absolute atomic E-state index is 13.5. The van der Waals surface area contributed by atoms with Gasteiger partial charge in [-0.1, -0.05) is 45.0 Å². The molecule has 3 aromatic rings. The Morgan fingerprint density at radius 2 is 1.68 bits per heavy atom. The summed E-state index contributed by atoms with van der Waals surface area (Å²) >= 11 is 0. The predicted octanol–water partition coefficient (Wildman–Crippen LogP) is 5.54. The van der Waals surface area contributed by atoms with E-state index in [2.05, 4.69) is 42.0 Å². The van der Waals surface area contributed by atoms with Crippen LogP contribution in [-0.4, -0.2) is 47.9 Å². The van der Waals surface area contributed by atoms with Crippen molar-refractivity contribution in [2.45, 2.75) is 64.0 Å². The fraction of sp³-hybridized carbons (Fsp3) is 0.406. The lowest BCUT2D eigenvalue weighted by atomic mass is 9.83.